The first-order chi connectivity index (χ1) is 18.0. The maximum absolute atomic E-state index is 12.9. The third kappa shape index (κ3) is 5.04. The highest BCUT2D eigenvalue weighted by molar-refractivity contribution is 6.07. The molecule has 0 bridgehead atoms. The number of rotatable bonds is 7. The van der Waals surface area contributed by atoms with Crippen LogP contribution in [0.1, 0.15) is 10.4 Å². The van der Waals surface area contributed by atoms with Crippen molar-refractivity contribution in [2.24, 2.45) is 0 Å². The first-order valence-electron chi connectivity index (χ1n) is 11.6. The van der Waals surface area contributed by atoms with E-state index in [0.29, 0.717) is 41.2 Å². The zero-order valence-corrected chi connectivity index (χ0v) is 20.1. The number of carbonyl (C=O) groups is 2. The third-order valence-corrected chi connectivity index (χ3v) is 5.88. The quantitative estimate of drug-likeness (QED) is 0.251. The number of nitrogens with one attached hydrogen (secondary N) is 3. The molecule has 0 aliphatic rings. The second-order valence-corrected chi connectivity index (χ2v) is 8.32. The van der Waals surface area contributed by atoms with Crippen LogP contribution in [0.4, 0.5) is 22.0 Å². The molecule has 0 spiro atoms. The SMILES string of the molecule is COCCNC(=O)c1cn2ncnc(N)c2c1-c1ccc(NC(=O)Nc2ccc3ccccc3c2)cc1. The van der Waals surface area contributed by atoms with Crippen molar-refractivity contribution in [3.63, 3.8) is 0 Å². The fourth-order valence-electron chi connectivity index (χ4n) is 4.14. The molecule has 0 saturated heterocycles. The summed E-state index contributed by atoms with van der Waals surface area (Å²) in [6.45, 7) is 0.745. The number of urea groups is 1. The molecule has 2 heterocycles. The fourth-order valence-corrected chi connectivity index (χ4v) is 4.14. The summed E-state index contributed by atoms with van der Waals surface area (Å²) >= 11 is 0. The number of benzene rings is 3. The third-order valence-electron chi connectivity index (χ3n) is 5.88. The molecule has 5 rings (SSSR count). The number of methoxy groups -OCH3 is 1. The molecule has 0 aliphatic heterocycles. The summed E-state index contributed by atoms with van der Waals surface area (Å²) in [5.41, 5.74) is 9.66. The summed E-state index contributed by atoms with van der Waals surface area (Å²) in [6, 6.07) is 20.4. The van der Waals surface area contributed by atoms with E-state index in [1.165, 1.54) is 10.8 Å². The van der Waals surface area contributed by atoms with Crippen LogP contribution in [-0.4, -0.2) is 46.8 Å². The summed E-state index contributed by atoms with van der Waals surface area (Å²) in [7, 11) is 1.57. The molecule has 2 aromatic heterocycles. The first kappa shape index (κ1) is 23.8. The molecule has 0 radical (unpaired) electrons. The Morgan fingerprint density at radius 2 is 1.70 bits per heavy atom. The van der Waals surface area contributed by atoms with Crippen LogP contribution in [0.2, 0.25) is 0 Å². The van der Waals surface area contributed by atoms with Gasteiger partial charge in [0.1, 0.15) is 11.8 Å². The standard InChI is InChI=1S/C27H25N7O3/c1-37-13-12-29-26(35)22-15-34-24(25(28)30-16-31-34)23(22)18-7-9-20(10-8-18)32-27(36)33-21-11-6-17-4-2-3-5-19(17)14-21/h2-11,14-16H,12-13H2,1H3,(H,29,35)(H2,28,30,31)(H2,32,33,36). The van der Waals surface area contributed by atoms with Crippen LogP contribution in [0.5, 0.6) is 0 Å². The van der Waals surface area contributed by atoms with Crippen LogP contribution in [0.15, 0.2) is 79.3 Å². The Hall–Kier alpha value is -4.96. The van der Waals surface area contributed by atoms with Gasteiger partial charge in [0.25, 0.3) is 5.91 Å². The number of nitrogen functional groups attached to an aromatic ring is 1. The highest BCUT2D eigenvalue weighted by atomic mass is 16.5. The smallest absolute Gasteiger partial charge is 0.323 e. The molecule has 0 fully saturated rings. The van der Waals surface area contributed by atoms with Crippen molar-refractivity contribution in [2.75, 3.05) is 36.6 Å². The zero-order chi connectivity index (χ0) is 25.8. The number of aromatic nitrogens is 3. The van der Waals surface area contributed by atoms with Crippen molar-refractivity contribution in [2.45, 2.75) is 0 Å². The molecule has 0 atom stereocenters. The van der Waals surface area contributed by atoms with E-state index in [9.17, 15) is 9.59 Å². The molecule has 0 unspecified atom stereocenters. The number of fused-ring (bicyclic) bond motifs is 2. The molecule has 5 aromatic rings. The van der Waals surface area contributed by atoms with Crippen LogP contribution in [-0.2, 0) is 4.74 Å². The predicted octanol–water partition coefficient (Wildman–Crippen LogP) is 4.15. The number of amides is 3. The molecule has 37 heavy (non-hydrogen) atoms. The highest BCUT2D eigenvalue weighted by Crippen LogP contribution is 2.33. The molecule has 10 heteroatoms. The largest absolute Gasteiger partial charge is 0.383 e. The minimum Gasteiger partial charge on any atom is -0.383 e. The van der Waals surface area contributed by atoms with Gasteiger partial charge in [-0.3, -0.25) is 4.79 Å². The maximum atomic E-state index is 12.9. The molecule has 186 valence electrons. The van der Waals surface area contributed by atoms with Gasteiger partial charge in [0.05, 0.1) is 12.2 Å². The Balaban J connectivity index is 1.37. The Kier molecular flexibility index (Phi) is 6.64. The van der Waals surface area contributed by atoms with Gasteiger partial charge in [0, 0.05) is 36.8 Å². The number of hydrogen-bond donors (Lipinski definition) is 4. The van der Waals surface area contributed by atoms with Crippen molar-refractivity contribution in [1.82, 2.24) is 19.9 Å². The second-order valence-electron chi connectivity index (χ2n) is 8.32. The molecule has 10 nitrogen and oxygen atoms in total. The molecule has 3 aromatic carbocycles. The van der Waals surface area contributed by atoms with Crippen molar-refractivity contribution >= 4 is 45.4 Å². The lowest BCUT2D eigenvalue weighted by atomic mass is 10.0. The van der Waals surface area contributed by atoms with Crippen LogP contribution >= 0.6 is 0 Å². The van der Waals surface area contributed by atoms with Crippen molar-refractivity contribution < 1.29 is 14.3 Å². The number of nitrogens with two attached hydrogens (primary N) is 1. The van der Waals surface area contributed by atoms with Crippen molar-refractivity contribution in [3.8, 4) is 11.1 Å². The predicted molar refractivity (Wildman–Crippen MR) is 144 cm³/mol. The number of anilines is 3. The van der Waals surface area contributed by atoms with Gasteiger partial charge in [-0.1, -0.05) is 42.5 Å². The summed E-state index contributed by atoms with van der Waals surface area (Å²) in [4.78, 5) is 29.6. The molecule has 0 saturated carbocycles. The van der Waals surface area contributed by atoms with Gasteiger partial charge in [-0.2, -0.15) is 5.10 Å². The van der Waals surface area contributed by atoms with Gasteiger partial charge < -0.3 is 26.4 Å². The van der Waals surface area contributed by atoms with Crippen LogP contribution in [0.25, 0.3) is 27.4 Å². The summed E-state index contributed by atoms with van der Waals surface area (Å²) < 4.78 is 6.55. The Labute approximate surface area is 212 Å². The average Bonchev–Trinajstić information content (AvgIpc) is 3.30. The Morgan fingerprint density at radius 3 is 2.49 bits per heavy atom. The molecular weight excluding hydrogens is 470 g/mol. The van der Waals surface area contributed by atoms with Gasteiger partial charge in [-0.05, 0) is 40.6 Å². The van der Waals surface area contributed by atoms with E-state index in [2.05, 4.69) is 26.0 Å². The van der Waals surface area contributed by atoms with E-state index in [1.807, 2.05) is 42.5 Å². The lowest BCUT2D eigenvalue weighted by Gasteiger charge is -2.10. The molecule has 3 amide bonds. The Bertz CT molecular complexity index is 1600. The van der Waals surface area contributed by atoms with E-state index in [4.69, 9.17) is 10.5 Å². The van der Waals surface area contributed by atoms with Crippen molar-refractivity contribution in [3.05, 3.63) is 84.8 Å². The number of nitrogens with zero attached hydrogens (tertiary/aromatic N) is 3. The lowest BCUT2D eigenvalue weighted by molar-refractivity contribution is 0.0937. The number of ether oxygens (including phenoxy) is 1. The highest BCUT2D eigenvalue weighted by Gasteiger charge is 2.21. The normalized spacial score (nSPS) is 10.9. The molecular formula is C27H25N7O3. The van der Waals surface area contributed by atoms with Crippen LogP contribution < -0.4 is 21.7 Å². The lowest BCUT2D eigenvalue weighted by Crippen LogP contribution is -2.27. The summed E-state index contributed by atoms with van der Waals surface area (Å²) in [5.74, 6) is -0.0354. The zero-order valence-electron chi connectivity index (χ0n) is 20.1. The van der Waals surface area contributed by atoms with E-state index in [-0.39, 0.29) is 17.8 Å². The molecule has 5 N–H and O–H groups in total. The van der Waals surface area contributed by atoms with Crippen molar-refractivity contribution in [1.29, 1.82) is 0 Å². The first-order valence-corrected chi connectivity index (χ1v) is 11.6. The fraction of sp³-hybridized carbons (Fsp3) is 0.111. The van der Waals surface area contributed by atoms with E-state index in [1.54, 1.807) is 37.6 Å². The average molecular weight is 496 g/mol. The van der Waals surface area contributed by atoms with Crippen LogP contribution in [0.3, 0.4) is 0 Å². The monoisotopic (exact) mass is 495 g/mol. The summed E-state index contributed by atoms with van der Waals surface area (Å²) in [5, 5.41) is 14.9. The van der Waals surface area contributed by atoms with E-state index < -0.39 is 0 Å². The van der Waals surface area contributed by atoms with Gasteiger partial charge >= 0.3 is 6.03 Å². The van der Waals surface area contributed by atoms with Crippen LogP contribution in [0, 0.1) is 0 Å². The number of carbonyl (C=O) groups excluding carboxylic acids is 2. The minimum atomic E-state index is -0.367. The minimum absolute atomic E-state index is 0.248. The van der Waals surface area contributed by atoms with Gasteiger partial charge in [-0.15, -0.1) is 0 Å². The molecule has 0 aliphatic carbocycles. The Morgan fingerprint density at radius 1 is 0.973 bits per heavy atom. The summed E-state index contributed by atoms with van der Waals surface area (Å²) in [6.07, 6.45) is 2.95. The second kappa shape index (κ2) is 10.3. The van der Waals surface area contributed by atoms with E-state index in [0.717, 1.165) is 16.3 Å². The number of hydrogen-bond acceptors (Lipinski definition) is 6. The maximum Gasteiger partial charge on any atom is 0.323 e. The van der Waals surface area contributed by atoms with E-state index >= 15 is 0 Å². The topological polar surface area (TPSA) is 136 Å². The van der Waals surface area contributed by atoms with Gasteiger partial charge in [-0.25, -0.2) is 14.3 Å². The van der Waals surface area contributed by atoms with Gasteiger partial charge in [0.2, 0.25) is 0 Å². The van der Waals surface area contributed by atoms with Gasteiger partial charge in [0.15, 0.2) is 5.82 Å².